The van der Waals surface area contributed by atoms with E-state index in [1.807, 2.05) is 13.8 Å². The number of ether oxygens (including phenoxy) is 1. The van der Waals surface area contributed by atoms with Crippen LogP contribution < -0.4 is 5.32 Å². The normalized spacial score (nSPS) is 14.4. The SMILES string of the molecule is CCOC(C)CNCCSC(F)(F)F. The summed E-state index contributed by atoms with van der Waals surface area (Å²) in [5.41, 5.74) is -4.12. The number of thioether (sulfide) groups is 1. The Hall–Kier alpha value is 0.0600. The summed E-state index contributed by atoms with van der Waals surface area (Å²) in [7, 11) is 0. The van der Waals surface area contributed by atoms with Gasteiger partial charge >= 0.3 is 5.51 Å². The Morgan fingerprint density at radius 3 is 2.57 bits per heavy atom. The molecule has 0 heterocycles. The van der Waals surface area contributed by atoms with Gasteiger partial charge in [-0.2, -0.15) is 13.2 Å². The molecule has 0 aliphatic carbocycles. The van der Waals surface area contributed by atoms with Gasteiger partial charge in [-0.15, -0.1) is 0 Å². The van der Waals surface area contributed by atoms with Crippen molar-refractivity contribution in [2.75, 3.05) is 25.4 Å². The topological polar surface area (TPSA) is 21.3 Å². The van der Waals surface area contributed by atoms with Gasteiger partial charge in [0.25, 0.3) is 0 Å². The van der Waals surface area contributed by atoms with Gasteiger partial charge in [0.15, 0.2) is 0 Å². The van der Waals surface area contributed by atoms with E-state index in [1.54, 1.807) is 0 Å². The third-order valence-corrected chi connectivity index (χ3v) is 2.16. The fourth-order valence-electron chi connectivity index (χ4n) is 0.888. The lowest BCUT2D eigenvalue weighted by Gasteiger charge is -2.12. The number of nitrogens with one attached hydrogen (secondary N) is 1. The van der Waals surface area contributed by atoms with E-state index in [4.69, 9.17) is 4.74 Å². The van der Waals surface area contributed by atoms with Gasteiger partial charge in [0.05, 0.1) is 6.10 Å². The first-order valence-electron chi connectivity index (χ1n) is 4.48. The second-order valence-electron chi connectivity index (χ2n) is 2.76. The van der Waals surface area contributed by atoms with E-state index in [-0.39, 0.29) is 23.6 Å². The number of alkyl halides is 3. The number of halogens is 3. The minimum absolute atomic E-state index is 0.00473. The summed E-state index contributed by atoms with van der Waals surface area (Å²) in [6.07, 6.45) is 0.0517. The molecule has 0 rings (SSSR count). The van der Waals surface area contributed by atoms with Crippen molar-refractivity contribution in [1.29, 1.82) is 0 Å². The molecular formula is C8H16F3NOS. The molecule has 0 saturated carbocycles. The molecule has 14 heavy (non-hydrogen) atoms. The van der Waals surface area contributed by atoms with Crippen LogP contribution in [0.1, 0.15) is 13.8 Å². The predicted octanol–water partition coefficient (Wildman–Crippen LogP) is 2.25. The van der Waals surface area contributed by atoms with Crippen LogP contribution in [0, 0.1) is 0 Å². The number of hydrogen-bond acceptors (Lipinski definition) is 3. The molecule has 0 aromatic heterocycles. The third-order valence-electron chi connectivity index (χ3n) is 1.43. The van der Waals surface area contributed by atoms with E-state index >= 15 is 0 Å². The molecule has 0 saturated heterocycles. The maximum absolute atomic E-state index is 11.7. The van der Waals surface area contributed by atoms with Gasteiger partial charge in [0, 0.05) is 25.4 Å². The summed E-state index contributed by atoms with van der Waals surface area (Å²) in [4.78, 5) is 0. The molecule has 0 radical (unpaired) electrons. The predicted molar refractivity (Wildman–Crippen MR) is 52.5 cm³/mol. The average molecular weight is 231 g/mol. The molecule has 0 spiro atoms. The fraction of sp³-hybridized carbons (Fsp3) is 1.00. The first-order chi connectivity index (χ1) is 6.45. The molecule has 0 aromatic carbocycles. The second-order valence-corrected chi connectivity index (χ2v) is 3.92. The van der Waals surface area contributed by atoms with Gasteiger partial charge in [-0.1, -0.05) is 0 Å². The molecule has 6 heteroatoms. The first-order valence-corrected chi connectivity index (χ1v) is 5.47. The van der Waals surface area contributed by atoms with Gasteiger partial charge in [0.2, 0.25) is 0 Å². The van der Waals surface area contributed by atoms with Crippen LogP contribution in [-0.4, -0.2) is 37.1 Å². The van der Waals surface area contributed by atoms with Crippen LogP contribution in [0.4, 0.5) is 13.2 Å². The number of hydrogen-bond donors (Lipinski definition) is 1. The van der Waals surface area contributed by atoms with Crippen molar-refractivity contribution in [1.82, 2.24) is 5.32 Å². The maximum atomic E-state index is 11.7. The lowest BCUT2D eigenvalue weighted by molar-refractivity contribution is -0.0327. The molecule has 1 unspecified atom stereocenters. The third kappa shape index (κ3) is 10.1. The van der Waals surface area contributed by atoms with Crippen molar-refractivity contribution in [3.05, 3.63) is 0 Å². The molecule has 0 bridgehead atoms. The Morgan fingerprint density at radius 2 is 2.07 bits per heavy atom. The summed E-state index contributed by atoms with van der Waals surface area (Å²) >= 11 is -0.00473. The Labute approximate surface area is 86.6 Å². The molecular weight excluding hydrogens is 215 g/mol. The summed E-state index contributed by atoms with van der Waals surface area (Å²) in [5.74, 6) is 0.0440. The van der Waals surface area contributed by atoms with E-state index in [1.165, 1.54) is 0 Å². The van der Waals surface area contributed by atoms with Crippen LogP contribution in [0.15, 0.2) is 0 Å². The van der Waals surface area contributed by atoms with E-state index in [2.05, 4.69) is 5.32 Å². The van der Waals surface area contributed by atoms with E-state index < -0.39 is 5.51 Å². The fourth-order valence-corrected chi connectivity index (χ4v) is 1.37. The monoisotopic (exact) mass is 231 g/mol. The van der Waals surface area contributed by atoms with E-state index in [0.29, 0.717) is 19.7 Å². The average Bonchev–Trinajstić information content (AvgIpc) is 2.02. The van der Waals surface area contributed by atoms with Gasteiger partial charge in [-0.25, -0.2) is 0 Å². The van der Waals surface area contributed by atoms with Gasteiger partial charge in [-0.3, -0.25) is 0 Å². The molecule has 1 atom stereocenters. The minimum atomic E-state index is -4.12. The standard InChI is InChI=1S/C8H16F3NOS/c1-3-13-7(2)6-12-4-5-14-8(9,10)11/h7,12H,3-6H2,1-2H3. The van der Waals surface area contributed by atoms with Crippen molar-refractivity contribution in [3.8, 4) is 0 Å². The molecule has 0 aliphatic rings. The van der Waals surface area contributed by atoms with Crippen LogP contribution in [0.2, 0.25) is 0 Å². The lowest BCUT2D eigenvalue weighted by Crippen LogP contribution is -2.29. The van der Waals surface area contributed by atoms with Crippen molar-refractivity contribution >= 4 is 11.8 Å². The molecule has 0 aliphatic heterocycles. The minimum Gasteiger partial charge on any atom is -0.377 e. The largest absolute Gasteiger partial charge is 0.441 e. The zero-order chi connectivity index (χ0) is 11.0. The quantitative estimate of drug-likeness (QED) is 0.679. The first kappa shape index (κ1) is 14.1. The molecule has 1 N–H and O–H groups in total. The maximum Gasteiger partial charge on any atom is 0.441 e. The summed E-state index contributed by atoms with van der Waals surface area (Å²) < 4.78 is 40.2. The molecule has 0 aromatic rings. The summed E-state index contributed by atoms with van der Waals surface area (Å²) in [6.45, 7) is 5.33. The van der Waals surface area contributed by atoms with Gasteiger partial charge in [0.1, 0.15) is 0 Å². The molecule has 0 fully saturated rings. The second kappa shape index (κ2) is 7.36. The highest BCUT2D eigenvalue weighted by Gasteiger charge is 2.27. The molecule has 0 amide bonds. The van der Waals surface area contributed by atoms with Crippen LogP contribution in [-0.2, 0) is 4.74 Å². The Kier molecular flexibility index (Phi) is 7.40. The van der Waals surface area contributed by atoms with Crippen molar-refractivity contribution in [3.63, 3.8) is 0 Å². The van der Waals surface area contributed by atoms with Crippen molar-refractivity contribution in [2.45, 2.75) is 25.5 Å². The Morgan fingerprint density at radius 1 is 1.43 bits per heavy atom. The molecule has 86 valence electrons. The highest BCUT2D eigenvalue weighted by atomic mass is 32.2. The zero-order valence-corrected chi connectivity index (χ0v) is 9.17. The van der Waals surface area contributed by atoms with Crippen LogP contribution in [0.25, 0.3) is 0 Å². The zero-order valence-electron chi connectivity index (χ0n) is 8.36. The highest BCUT2D eigenvalue weighted by Crippen LogP contribution is 2.29. The molecule has 2 nitrogen and oxygen atoms in total. The van der Waals surface area contributed by atoms with Crippen molar-refractivity contribution in [2.24, 2.45) is 0 Å². The van der Waals surface area contributed by atoms with Gasteiger partial charge in [-0.05, 0) is 25.6 Å². The van der Waals surface area contributed by atoms with Crippen LogP contribution in [0.5, 0.6) is 0 Å². The highest BCUT2D eigenvalue weighted by molar-refractivity contribution is 8.00. The lowest BCUT2D eigenvalue weighted by atomic mass is 10.4. The number of rotatable bonds is 7. The van der Waals surface area contributed by atoms with E-state index in [0.717, 1.165) is 0 Å². The summed E-state index contributed by atoms with van der Waals surface area (Å²) in [6, 6.07) is 0. The van der Waals surface area contributed by atoms with Gasteiger partial charge < -0.3 is 10.1 Å². The van der Waals surface area contributed by atoms with Crippen LogP contribution >= 0.6 is 11.8 Å². The summed E-state index contributed by atoms with van der Waals surface area (Å²) in [5, 5.41) is 2.90. The van der Waals surface area contributed by atoms with E-state index in [9.17, 15) is 13.2 Å². The Bertz CT molecular complexity index is 143. The van der Waals surface area contributed by atoms with Crippen LogP contribution in [0.3, 0.4) is 0 Å². The smallest absolute Gasteiger partial charge is 0.377 e. The Balaban J connectivity index is 3.21. The van der Waals surface area contributed by atoms with Crippen molar-refractivity contribution < 1.29 is 17.9 Å².